The van der Waals surface area contributed by atoms with Crippen LogP contribution in [-0.4, -0.2) is 47.5 Å². The number of rotatable bonds is 9. The van der Waals surface area contributed by atoms with E-state index in [1.165, 1.54) is 27.9 Å². The van der Waals surface area contributed by atoms with E-state index in [4.69, 9.17) is 9.47 Å². The van der Waals surface area contributed by atoms with Gasteiger partial charge < -0.3 is 14.8 Å². The topological polar surface area (TPSA) is 97.7 Å². The number of hydrogen-bond donors (Lipinski definition) is 2. The van der Waals surface area contributed by atoms with Gasteiger partial charge in [0.2, 0.25) is 11.7 Å². The molecule has 5 rings (SSSR count). The van der Waals surface area contributed by atoms with Crippen LogP contribution in [0.5, 0.6) is 11.5 Å². The molecular weight excluding hydrogens is 568 g/mol. The number of nitrogens with zero attached hydrogens (tertiary/aromatic N) is 3. The molecular formula is C33H41F2N5O4. The predicted molar refractivity (Wildman–Crippen MR) is 167 cm³/mol. The lowest BCUT2D eigenvalue weighted by atomic mass is 9.81. The highest BCUT2D eigenvalue weighted by atomic mass is 19.2. The van der Waals surface area contributed by atoms with Crippen LogP contribution in [0.15, 0.2) is 47.3 Å². The fourth-order valence-corrected chi connectivity index (χ4v) is 5.59. The molecule has 2 atom stereocenters. The van der Waals surface area contributed by atoms with E-state index in [0.29, 0.717) is 12.1 Å². The van der Waals surface area contributed by atoms with Crippen molar-refractivity contribution in [1.82, 2.24) is 20.2 Å². The molecule has 2 aromatic carbocycles. The molecule has 2 unspecified atom stereocenters. The Bertz CT molecular complexity index is 1600. The molecule has 0 saturated carbocycles. The fraction of sp³-hybridized carbons (Fsp3) is 0.424. The summed E-state index contributed by atoms with van der Waals surface area (Å²) in [4.78, 5) is 24.8. The lowest BCUT2D eigenvalue weighted by Gasteiger charge is -2.28. The summed E-state index contributed by atoms with van der Waals surface area (Å²) in [6.45, 7) is 9.71. The number of nitrogens with one attached hydrogen (secondary N) is 2. The number of anilines is 1. The molecule has 1 fully saturated rings. The van der Waals surface area contributed by atoms with Crippen LogP contribution in [0.2, 0.25) is 0 Å². The molecule has 11 heteroatoms. The molecule has 1 saturated heterocycles. The van der Waals surface area contributed by atoms with Crippen LogP contribution in [0.4, 0.5) is 14.5 Å². The van der Waals surface area contributed by atoms with Gasteiger partial charge in [-0.05, 0) is 44.5 Å². The highest BCUT2D eigenvalue weighted by molar-refractivity contribution is 5.87. The van der Waals surface area contributed by atoms with E-state index in [0.717, 1.165) is 29.0 Å². The Morgan fingerprint density at radius 1 is 1.02 bits per heavy atom. The van der Waals surface area contributed by atoms with Gasteiger partial charge in [-0.2, -0.15) is 9.49 Å². The summed E-state index contributed by atoms with van der Waals surface area (Å²) < 4.78 is 42.5. The van der Waals surface area contributed by atoms with Crippen LogP contribution < -0.4 is 25.8 Å². The monoisotopic (exact) mass is 609 g/mol. The first kappa shape index (κ1) is 32.7. The third-order valence-corrected chi connectivity index (χ3v) is 7.91. The number of hydrogen-bond acceptors (Lipinski definition) is 7. The number of methoxy groups -OCH3 is 1. The van der Waals surface area contributed by atoms with Gasteiger partial charge in [-0.15, -0.1) is 0 Å². The van der Waals surface area contributed by atoms with Gasteiger partial charge in [0.1, 0.15) is 5.75 Å². The van der Waals surface area contributed by atoms with Crippen molar-refractivity contribution in [2.75, 3.05) is 26.1 Å². The lowest BCUT2D eigenvalue weighted by Crippen LogP contribution is -2.31. The van der Waals surface area contributed by atoms with Gasteiger partial charge >= 0.3 is 0 Å². The molecule has 44 heavy (non-hydrogen) atoms. The molecule has 0 spiro atoms. The number of carbonyl (C=O) groups excluding carboxylic acids is 1. The summed E-state index contributed by atoms with van der Waals surface area (Å²) in [5, 5.41) is 9.55. The van der Waals surface area contributed by atoms with Crippen LogP contribution in [-0.2, 0) is 11.3 Å². The van der Waals surface area contributed by atoms with Crippen molar-refractivity contribution < 1.29 is 23.0 Å². The first-order valence-electron chi connectivity index (χ1n) is 15.0. The van der Waals surface area contributed by atoms with E-state index >= 15 is 4.39 Å². The number of halogens is 2. The van der Waals surface area contributed by atoms with Crippen LogP contribution in [0, 0.1) is 17.0 Å². The SMILES string of the molecule is CC.CCC1C=Cc2c(-c3ccc(=O)n(CCCOc4ccc(C5N(C)NC(=O)C5(C)C)c(F)c4F)n3)ccc(OC)c2N1. The molecule has 2 aliphatic rings. The van der Waals surface area contributed by atoms with Gasteiger partial charge in [0.15, 0.2) is 11.6 Å². The Morgan fingerprint density at radius 3 is 2.41 bits per heavy atom. The molecule has 0 radical (unpaired) electrons. The summed E-state index contributed by atoms with van der Waals surface area (Å²) in [5.74, 6) is -1.96. The standard InChI is InChI=1S/C31H35F2N5O4.C2H6/c1-6-18-8-9-20-19(10-14-24(41-5)28(20)34-18)22-12-15-25(39)38(35-22)16-7-17-42-23-13-11-21(26(32)27(23)33)29-31(2,3)30(40)36-37(29)4;1-2/h8-15,18,29,34H,6-7,16-17H2,1-5H3,(H,36,40);1-2H3. The number of aromatic nitrogens is 2. The molecule has 1 aromatic heterocycles. The first-order valence-corrected chi connectivity index (χ1v) is 15.0. The zero-order valence-corrected chi connectivity index (χ0v) is 26.3. The molecule has 1 amide bonds. The van der Waals surface area contributed by atoms with Crippen molar-refractivity contribution >= 4 is 17.7 Å². The minimum absolute atomic E-state index is 0.0336. The molecule has 0 bridgehead atoms. The second-order valence-electron chi connectivity index (χ2n) is 11.1. The van der Waals surface area contributed by atoms with Crippen LogP contribution in [0.1, 0.15) is 64.6 Å². The first-order chi connectivity index (χ1) is 21.1. The van der Waals surface area contributed by atoms with Crippen LogP contribution >= 0.6 is 0 Å². The molecule has 2 aliphatic heterocycles. The highest BCUT2D eigenvalue weighted by Gasteiger charge is 2.48. The number of fused-ring (bicyclic) bond motifs is 1. The summed E-state index contributed by atoms with van der Waals surface area (Å²) >= 11 is 0. The van der Waals surface area contributed by atoms with Gasteiger partial charge in [-0.1, -0.05) is 39.0 Å². The molecule has 3 heterocycles. The number of amides is 1. The molecule has 3 aromatic rings. The van der Waals surface area contributed by atoms with Gasteiger partial charge in [-0.25, -0.2) is 14.1 Å². The second kappa shape index (κ2) is 13.6. The maximum Gasteiger partial charge on any atom is 0.266 e. The lowest BCUT2D eigenvalue weighted by molar-refractivity contribution is -0.126. The predicted octanol–water partition coefficient (Wildman–Crippen LogP) is 5.95. The quantitative estimate of drug-likeness (QED) is 0.289. The number of ether oxygens (including phenoxy) is 2. The Kier molecular flexibility index (Phi) is 10.1. The van der Waals surface area contributed by atoms with Crippen molar-refractivity contribution in [2.24, 2.45) is 5.41 Å². The summed E-state index contributed by atoms with van der Waals surface area (Å²) in [7, 11) is 3.24. The van der Waals surface area contributed by atoms with E-state index in [-0.39, 0.29) is 42.0 Å². The summed E-state index contributed by atoms with van der Waals surface area (Å²) in [5.41, 5.74) is 4.74. The van der Waals surface area contributed by atoms with E-state index in [9.17, 15) is 14.0 Å². The maximum absolute atomic E-state index is 15.1. The average molecular weight is 610 g/mol. The van der Waals surface area contributed by atoms with Crippen molar-refractivity contribution in [2.45, 2.75) is 66.1 Å². The molecule has 0 aliphatic carbocycles. The smallest absolute Gasteiger partial charge is 0.266 e. The van der Waals surface area contributed by atoms with E-state index in [1.54, 1.807) is 34.1 Å². The van der Waals surface area contributed by atoms with Crippen LogP contribution in [0.3, 0.4) is 0 Å². The molecule has 9 nitrogen and oxygen atoms in total. The van der Waals surface area contributed by atoms with Crippen molar-refractivity contribution in [3.63, 3.8) is 0 Å². The molecule has 236 valence electrons. The fourth-order valence-electron chi connectivity index (χ4n) is 5.59. The summed E-state index contributed by atoms with van der Waals surface area (Å²) in [6, 6.07) is 9.23. The average Bonchev–Trinajstić information content (AvgIpc) is 3.23. The van der Waals surface area contributed by atoms with Gasteiger partial charge in [-0.3, -0.25) is 15.0 Å². The zero-order chi connectivity index (χ0) is 32.2. The normalized spacial score (nSPS) is 18.5. The third kappa shape index (κ3) is 6.19. The highest BCUT2D eigenvalue weighted by Crippen LogP contribution is 2.43. The Labute approximate surface area is 256 Å². The number of benzene rings is 2. The number of aryl methyl sites for hydroxylation is 1. The van der Waals surface area contributed by atoms with Crippen molar-refractivity contribution in [1.29, 1.82) is 0 Å². The van der Waals surface area contributed by atoms with E-state index in [1.807, 2.05) is 32.1 Å². The van der Waals surface area contributed by atoms with Crippen molar-refractivity contribution in [3.8, 4) is 22.8 Å². The number of carbonyl (C=O) groups is 1. The Balaban J connectivity index is 0.00000216. The van der Waals surface area contributed by atoms with E-state index < -0.39 is 23.1 Å². The number of hydrazine groups is 1. The largest absolute Gasteiger partial charge is 0.495 e. The van der Waals surface area contributed by atoms with Gasteiger partial charge in [0, 0.05) is 48.8 Å². The maximum atomic E-state index is 15.1. The second-order valence-corrected chi connectivity index (χ2v) is 11.1. The van der Waals surface area contributed by atoms with Gasteiger partial charge in [0.05, 0.1) is 36.6 Å². The van der Waals surface area contributed by atoms with Crippen LogP contribution in [0.25, 0.3) is 17.3 Å². The minimum Gasteiger partial charge on any atom is -0.495 e. The Hall–Kier alpha value is -4.25. The minimum atomic E-state index is -1.12. The van der Waals surface area contributed by atoms with Crippen molar-refractivity contribution in [3.05, 3.63) is 75.6 Å². The van der Waals surface area contributed by atoms with E-state index in [2.05, 4.69) is 28.8 Å². The van der Waals surface area contributed by atoms with Gasteiger partial charge in [0.25, 0.3) is 5.56 Å². The third-order valence-electron chi connectivity index (χ3n) is 7.91. The summed E-state index contributed by atoms with van der Waals surface area (Å²) in [6.07, 6.45) is 5.39. The molecule has 2 N–H and O–H groups in total. The Morgan fingerprint density at radius 2 is 1.75 bits per heavy atom. The zero-order valence-electron chi connectivity index (χ0n) is 26.3.